The molecular weight excluding hydrogens is 170 g/mol. The molecule has 0 unspecified atom stereocenters. The van der Waals surface area contributed by atoms with Crippen molar-refractivity contribution in [1.29, 1.82) is 0 Å². The van der Waals surface area contributed by atoms with Gasteiger partial charge in [-0.3, -0.25) is 4.79 Å². The number of Topliss-reactive ketones (excluding diaryl/α,β-unsaturated/α-hetero) is 1. The van der Waals surface area contributed by atoms with Gasteiger partial charge in [-0.15, -0.1) is 0 Å². The molecule has 72 valence electrons. The van der Waals surface area contributed by atoms with E-state index in [1.54, 1.807) is 17.9 Å². The third-order valence-corrected chi connectivity index (χ3v) is 2.09. The Labute approximate surface area is 77.2 Å². The molecule has 0 saturated carbocycles. The molecule has 1 aliphatic rings. The van der Waals surface area contributed by atoms with Crippen LogP contribution in [0.5, 0.6) is 0 Å². The molecule has 0 fully saturated rings. The zero-order valence-electron chi connectivity index (χ0n) is 7.87. The van der Waals surface area contributed by atoms with Gasteiger partial charge >= 0.3 is 6.09 Å². The van der Waals surface area contributed by atoms with Gasteiger partial charge in [0, 0.05) is 13.1 Å². The number of hydrogen-bond donors (Lipinski definition) is 0. The van der Waals surface area contributed by atoms with Gasteiger partial charge in [0.1, 0.15) is 0 Å². The molecule has 1 rings (SSSR count). The first-order valence-electron chi connectivity index (χ1n) is 4.18. The molecule has 1 aliphatic heterocycles. The summed E-state index contributed by atoms with van der Waals surface area (Å²) in [5, 5.41) is 0. The summed E-state index contributed by atoms with van der Waals surface area (Å²) in [7, 11) is 1.35. The van der Waals surface area contributed by atoms with E-state index in [2.05, 4.69) is 4.74 Å². The van der Waals surface area contributed by atoms with Crippen LogP contribution in [0.25, 0.3) is 0 Å². The number of nitrogens with zero attached hydrogens (tertiary/aromatic N) is 1. The van der Waals surface area contributed by atoms with Crippen LogP contribution < -0.4 is 0 Å². The average molecular weight is 183 g/mol. The SMILES string of the molecule is COC(=O)N1CC=C(C(C)=O)CC1. The van der Waals surface area contributed by atoms with Crippen molar-refractivity contribution in [3.05, 3.63) is 11.6 Å². The fourth-order valence-corrected chi connectivity index (χ4v) is 1.28. The molecule has 0 radical (unpaired) electrons. The number of amides is 1. The average Bonchev–Trinajstić information content (AvgIpc) is 2.17. The zero-order valence-corrected chi connectivity index (χ0v) is 7.87. The minimum atomic E-state index is -0.334. The van der Waals surface area contributed by atoms with Crippen LogP contribution in [0.2, 0.25) is 0 Å². The quantitative estimate of drug-likeness (QED) is 0.608. The third-order valence-electron chi connectivity index (χ3n) is 2.09. The Morgan fingerprint density at radius 2 is 2.23 bits per heavy atom. The maximum absolute atomic E-state index is 11.0. The van der Waals surface area contributed by atoms with Crippen molar-refractivity contribution in [2.45, 2.75) is 13.3 Å². The number of methoxy groups -OCH3 is 1. The van der Waals surface area contributed by atoms with Gasteiger partial charge in [0.15, 0.2) is 5.78 Å². The molecule has 4 heteroatoms. The standard InChI is InChI=1S/C9H13NO3/c1-7(11)8-3-5-10(6-4-8)9(12)13-2/h3H,4-6H2,1-2H3. The van der Waals surface area contributed by atoms with Crippen molar-refractivity contribution in [3.8, 4) is 0 Å². The normalized spacial score (nSPS) is 16.5. The number of ether oxygens (including phenoxy) is 1. The summed E-state index contributed by atoms with van der Waals surface area (Å²) in [5.74, 6) is 0.0875. The highest BCUT2D eigenvalue weighted by Crippen LogP contribution is 2.11. The highest BCUT2D eigenvalue weighted by molar-refractivity contribution is 5.93. The zero-order chi connectivity index (χ0) is 9.84. The van der Waals surface area contributed by atoms with Crippen LogP contribution in [0.4, 0.5) is 4.79 Å². The summed E-state index contributed by atoms with van der Waals surface area (Å²) < 4.78 is 4.56. The van der Waals surface area contributed by atoms with Crippen molar-refractivity contribution >= 4 is 11.9 Å². The second-order valence-electron chi connectivity index (χ2n) is 2.95. The molecule has 0 atom stereocenters. The topological polar surface area (TPSA) is 46.6 Å². The first-order valence-corrected chi connectivity index (χ1v) is 4.18. The minimum Gasteiger partial charge on any atom is -0.453 e. The van der Waals surface area contributed by atoms with Crippen LogP contribution >= 0.6 is 0 Å². The van der Waals surface area contributed by atoms with Gasteiger partial charge in [0.2, 0.25) is 0 Å². The Bertz CT molecular complexity index is 258. The fourth-order valence-electron chi connectivity index (χ4n) is 1.28. The molecule has 0 aromatic carbocycles. The van der Waals surface area contributed by atoms with Crippen LogP contribution in [0.15, 0.2) is 11.6 Å². The Morgan fingerprint density at radius 1 is 1.54 bits per heavy atom. The highest BCUT2D eigenvalue weighted by Gasteiger charge is 2.18. The van der Waals surface area contributed by atoms with Gasteiger partial charge in [-0.05, 0) is 18.9 Å². The molecule has 4 nitrogen and oxygen atoms in total. The molecule has 0 spiro atoms. The molecule has 0 aliphatic carbocycles. The van der Waals surface area contributed by atoms with E-state index in [4.69, 9.17) is 0 Å². The molecule has 0 aromatic rings. The van der Waals surface area contributed by atoms with Gasteiger partial charge in [0.25, 0.3) is 0 Å². The molecule has 1 heterocycles. The maximum atomic E-state index is 11.0. The largest absolute Gasteiger partial charge is 0.453 e. The number of carbonyl (C=O) groups excluding carboxylic acids is 2. The molecular formula is C9H13NO3. The summed E-state index contributed by atoms with van der Waals surface area (Å²) in [6.45, 7) is 2.58. The second-order valence-corrected chi connectivity index (χ2v) is 2.95. The van der Waals surface area contributed by atoms with Gasteiger partial charge in [-0.1, -0.05) is 6.08 Å². The van der Waals surface area contributed by atoms with E-state index in [1.807, 2.05) is 0 Å². The molecule has 0 bridgehead atoms. The van der Waals surface area contributed by atoms with Crippen LogP contribution in [0.3, 0.4) is 0 Å². The van der Waals surface area contributed by atoms with Gasteiger partial charge in [-0.2, -0.15) is 0 Å². The summed E-state index contributed by atoms with van der Waals surface area (Å²) in [6, 6.07) is 0. The van der Waals surface area contributed by atoms with E-state index in [1.165, 1.54) is 7.11 Å². The first kappa shape index (κ1) is 9.77. The number of hydrogen-bond acceptors (Lipinski definition) is 3. The smallest absolute Gasteiger partial charge is 0.409 e. The maximum Gasteiger partial charge on any atom is 0.409 e. The van der Waals surface area contributed by atoms with Crippen molar-refractivity contribution in [3.63, 3.8) is 0 Å². The summed E-state index contributed by atoms with van der Waals surface area (Å²) in [6.07, 6.45) is 2.08. The van der Waals surface area contributed by atoms with E-state index in [0.717, 1.165) is 5.57 Å². The van der Waals surface area contributed by atoms with E-state index < -0.39 is 0 Å². The van der Waals surface area contributed by atoms with E-state index in [-0.39, 0.29) is 11.9 Å². The van der Waals surface area contributed by atoms with Crippen molar-refractivity contribution in [2.75, 3.05) is 20.2 Å². The lowest BCUT2D eigenvalue weighted by molar-refractivity contribution is -0.113. The number of ketones is 1. The van der Waals surface area contributed by atoms with Crippen LogP contribution in [0, 0.1) is 0 Å². The highest BCUT2D eigenvalue weighted by atomic mass is 16.5. The van der Waals surface area contributed by atoms with Gasteiger partial charge < -0.3 is 9.64 Å². The van der Waals surface area contributed by atoms with Crippen LogP contribution in [-0.4, -0.2) is 37.0 Å². The van der Waals surface area contributed by atoms with Crippen molar-refractivity contribution < 1.29 is 14.3 Å². The van der Waals surface area contributed by atoms with Crippen LogP contribution in [0.1, 0.15) is 13.3 Å². The van der Waals surface area contributed by atoms with Crippen molar-refractivity contribution in [1.82, 2.24) is 4.90 Å². The van der Waals surface area contributed by atoms with Gasteiger partial charge in [-0.25, -0.2) is 4.79 Å². The lowest BCUT2D eigenvalue weighted by Gasteiger charge is -2.24. The second kappa shape index (κ2) is 4.07. The van der Waals surface area contributed by atoms with E-state index in [0.29, 0.717) is 19.5 Å². The lowest BCUT2D eigenvalue weighted by Crippen LogP contribution is -2.35. The predicted molar refractivity (Wildman–Crippen MR) is 47.4 cm³/mol. The summed E-state index contributed by atoms with van der Waals surface area (Å²) in [4.78, 5) is 23.5. The van der Waals surface area contributed by atoms with E-state index >= 15 is 0 Å². The Hall–Kier alpha value is -1.32. The molecule has 13 heavy (non-hydrogen) atoms. The molecule has 0 aromatic heterocycles. The summed E-state index contributed by atoms with van der Waals surface area (Å²) in [5.41, 5.74) is 0.806. The first-order chi connectivity index (χ1) is 6.15. The predicted octanol–water partition coefficient (Wildman–Crippen LogP) is 0.974. The van der Waals surface area contributed by atoms with Crippen LogP contribution in [-0.2, 0) is 9.53 Å². The molecule has 0 saturated heterocycles. The minimum absolute atomic E-state index is 0.0875. The summed E-state index contributed by atoms with van der Waals surface area (Å²) >= 11 is 0. The lowest BCUT2D eigenvalue weighted by atomic mass is 10.1. The monoisotopic (exact) mass is 183 g/mol. The Morgan fingerprint density at radius 3 is 2.62 bits per heavy atom. The van der Waals surface area contributed by atoms with Gasteiger partial charge in [0.05, 0.1) is 7.11 Å². The van der Waals surface area contributed by atoms with Crippen molar-refractivity contribution in [2.24, 2.45) is 0 Å². The Balaban J connectivity index is 2.56. The Kier molecular flexibility index (Phi) is 3.06. The molecule has 0 N–H and O–H groups in total. The molecule has 1 amide bonds. The van der Waals surface area contributed by atoms with E-state index in [9.17, 15) is 9.59 Å². The fraction of sp³-hybridized carbons (Fsp3) is 0.556. The number of carbonyl (C=O) groups is 2. The number of rotatable bonds is 1. The third kappa shape index (κ3) is 2.31.